The van der Waals surface area contributed by atoms with E-state index < -0.39 is 23.3 Å². The fourth-order valence-corrected chi connectivity index (χ4v) is 2.45. The van der Waals surface area contributed by atoms with Gasteiger partial charge in [-0.2, -0.15) is 0 Å². The molecule has 0 heterocycles. The maximum Gasteiger partial charge on any atom is 0.345 e. The minimum atomic E-state index is -0.933. The summed E-state index contributed by atoms with van der Waals surface area (Å²) in [6.07, 6.45) is 0. The van der Waals surface area contributed by atoms with Crippen LogP contribution in [0.4, 0.5) is 5.69 Å². The monoisotopic (exact) mass is 363 g/mol. The van der Waals surface area contributed by atoms with E-state index in [2.05, 4.69) is 0 Å². The molecule has 0 aliphatic carbocycles. The van der Waals surface area contributed by atoms with E-state index in [0.717, 1.165) is 0 Å². The van der Waals surface area contributed by atoms with Gasteiger partial charge in [0.25, 0.3) is 5.69 Å². The van der Waals surface area contributed by atoms with E-state index in [1.54, 1.807) is 13.0 Å². The van der Waals surface area contributed by atoms with E-state index in [1.807, 2.05) is 0 Å². The van der Waals surface area contributed by atoms with Gasteiger partial charge in [0.2, 0.25) is 0 Å². The van der Waals surface area contributed by atoms with Crippen LogP contribution < -0.4 is 4.74 Å². The molecule has 0 saturated heterocycles. The summed E-state index contributed by atoms with van der Waals surface area (Å²) in [7, 11) is 1.44. The molecule has 0 radical (unpaired) electrons. The van der Waals surface area contributed by atoms with Gasteiger partial charge >= 0.3 is 5.97 Å². The maximum atomic E-state index is 12.2. The molecule has 0 saturated carbocycles. The molecule has 0 atom stereocenters. The lowest BCUT2D eigenvalue weighted by Crippen LogP contribution is -2.16. The summed E-state index contributed by atoms with van der Waals surface area (Å²) >= 11 is 5.95. The zero-order chi connectivity index (χ0) is 18.6. The van der Waals surface area contributed by atoms with Crippen LogP contribution in [0.1, 0.15) is 26.3 Å². The van der Waals surface area contributed by atoms with E-state index in [1.165, 1.54) is 37.4 Å². The normalized spacial score (nSPS) is 10.2. The first-order valence-electron chi connectivity index (χ1n) is 7.13. The van der Waals surface area contributed by atoms with Gasteiger partial charge in [0.15, 0.2) is 12.4 Å². The van der Waals surface area contributed by atoms with Crippen LogP contribution >= 0.6 is 11.6 Å². The van der Waals surface area contributed by atoms with Gasteiger partial charge in [-0.3, -0.25) is 14.9 Å². The molecule has 8 heteroatoms. The lowest BCUT2D eigenvalue weighted by Gasteiger charge is -2.08. The molecule has 0 aliphatic heterocycles. The summed E-state index contributed by atoms with van der Waals surface area (Å²) in [6.45, 7) is 0.988. The number of aryl methyl sites for hydroxylation is 1. The van der Waals surface area contributed by atoms with Crippen molar-refractivity contribution in [3.8, 4) is 5.75 Å². The predicted molar refractivity (Wildman–Crippen MR) is 90.5 cm³/mol. The van der Waals surface area contributed by atoms with Crippen LogP contribution in [0, 0.1) is 17.0 Å². The number of nitrogens with zero attached hydrogens (tertiary/aromatic N) is 1. The highest BCUT2D eigenvalue weighted by atomic mass is 35.5. The molecule has 0 fully saturated rings. The highest BCUT2D eigenvalue weighted by Gasteiger charge is 2.24. The van der Waals surface area contributed by atoms with Gasteiger partial charge in [0.05, 0.1) is 17.1 Å². The van der Waals surface area contributed by atoms with Gasteiger partial charge in [0, 0.05) is 11.6 Å². The summed E-state index contributed by atoms with van der Waals surface area (Å²) in [6, 6.07) is 8.62. The second-order valence-electron chi connectivity index (χ2n) is 5.07. The Bertz CT molecular complexity index is 849. The number of rotatable bonds is 6. The molecule has 130 valence electrons. The number of ether oxygens (including phenoxy) is 2. The number of carbonyl (C=O) groups excluding carboxylic acids is 2. The van der Waals surface area contributed by atoms with Crippen LogP contribution in [-0.2, 0) is 4.74 Å². The molecule has 0 bridgehead atoms. The third-order valence-corrected chi connectivity index (χ3v) is 3.76. The Morgan fingerprint density at radius 1 is 1.24 bits per heavy atom. The Hall–Kier alpha value is -2.93. The van der Waals surface area contributed by atoms with Crippen molar-refractivity contribution in [3.05, 3.63) is 68.2 Å². The van der Waals surface area contributed by atoms with Gasteiger partial charge in [-0.1, -0.05) is 23.7 Å². The Kier molecular flexibility index (Phi) is 5.71. The van der Waals surface area contributed by atoms with Crippen molar-refractivity contribution in [2.45, 2.75) is 6.92 Å². The van der Waals surface area contributed by atoms with Crippen LogP contribution in [0.25, 0.3) is 0 Å². The van der Waals surface area contributed by atoms with Crippen LogP contribution in [0.3, 0.4) is 0 Å². The molecule has 25 heavy (non-hydrogen) atoms. The second-order valence-corrected chi connectivity index (χ2v) is 5.48. The van der Waals surface area contributed by atoms with Crippen molar-refractivity contribution in [3.63, 3.8) is 0 Å². The van der Waals surface area contributed by atoms with E-state index in [0.29, 0.717) is 11.3 Å². The van der Waals surface area contributed by atoms with Gasteiger partial charge in [0.1, 0.15) is 11.3 Å². The Balaban J connectivity index is 2.14. The Morgan fingerprint density at radius 2 is 1.96 bits per heavy atom. The van der Waals surface area contributed by atoms with E-state index in [-0.39, 0.29) is 21.8 Å². The fourth-order valence-electron chi connectivity index (χ4n) is 2.20. The summed E-state index contributed by atoms with van der Waals surface area (Å²) in [5.74, 6) is -1.02. The molecule has 2 rings (SSSR count). The molecule has 7 nitrogen and oxygen atoms in total. The van der Waals surface area contributed by atoms with Crippen LogP contribution in [0.5, 0.6) is 5.75 Å². The maximum absolute atomic E-state index is 12.2. The number of hydrogen-bond donors (Lipinski definition) is 0. The minimum Gasteiger partial charge on any atom is -0.495 e. The highest BCUT2D eigenvalue weighted by molar-refractivity contribution is 6.32. The number of hydrogen-bond acceptors (Lipinski definition) is 6. The number of esters is 1. The third-order valence-electron chi connectivity index (χ3n) is 3.46. The van der Waals surface area contributed by atoms with Crippen LogP contribution in [-0.4, -0.2) is 30.4 Å². The summed E-state index contributed by atoms with van der Waals surface area (Å²) < 4.78 is 9.94. The lowest BCUT2D eigenvalue weighted by atomic mass is 10.1. The van der Waals surface area contributed by atoms with Gasteiger partial charge in [-0.25, -0.2) is 4.79 Å². The van der Waals surface area contributed by atoms with E-state index >= 15 is 0 Å². The van der Waals surface area contributed by atoms with Crippen molar-refractivity contribution >= 4 is 29.0 Å². The summed E-state index contributed by atoms with van der Waals surface area (Å²) in [5.41, 5.74) is 0.0787. The molecule has 0 amide bonds. The molecule has 0 N–H and O–H groups in total. The number of Topliss-reactive ketones (excluding diaryl/α,β-unsaturated/α-hetero) is 1. The number of ketones is 1. The first-order valence-corrected chi connectivity index (χ1v) is 7.50. The molecule has 0 spiro atoms. The molecular formula is C17H14ClNO6. The molecular weight excluding hydrogens is 350 g/mol. The highest BCUT2D eigenvalue weighted by Crippen LogP contribution is 2.26. The first kappa shape index (κ1) is 18.4. The Labute approximate surface area is 148 Å². The average molecular weight is 364 g/mol. The second kappa shape index (κ2) is 7.76. The van der Waals surface area contributed by atoms with Crippen molar-refractivity contribution in [1.29, 1.82) is 0 Å². The van der Waals surface area contributed by atoms with E-state index in [4.69, 9.17) is 21.1 Å². The molecule has 0 aromatic heterocycles. The number of nitro benzene ring substituents is 1. The topological polar surface area (TPSA) is 95.7 Å². The van der Waals surface area contributed by atoms with Gasteiger partial charge < -0.3 is 9.47 Å². The standard InChI is InChI=1S/C17H14ClNO6/c1-10-4-3-5-13(19(22)23)16(10)17(21)25-9-14(20)11-6-7-15(24-2)12(18)8-11/h3-8H,9H2,1-2H3. The summed E-state index contributed by atoms with van der Waals surface area (Å²) in [5, 5.41) is 11.3. The number of methoxy groups -OCH3 is 1. The number of carbonyl (C=O) groups is 2. The quantitative estimate of drug-likeness (QED) is 0.336. The molecule has 0 unspecified atom stereocenters. The lowest BCUT2D eigenvalue weighted by molar-refractivity contribution is -0.385. The first-order chi connectivity index (χ1) is 11.8. The predicted octanol–water partition coefficient (Wildman–Crippen LogP) is 3.60. The molecule has 2 aromatic rings. The fraction of sp³-hybridized carbons (Fsp3) is 0.176. The number of benzene rings is 2. The average Bonchev–Trinajstić information content (AvgIpc) is 2.58. The largest absolute Gasteiger partial charge is 0.495 e. The number of nitro groups is 1. The van der Waals surface area contributed by atoms with E-state index in [9.17, 15) is 19.7 Å². The number of halogens is 1. The Morgan fingerprint density at radius 3 is 2.56 bits per heavy atom. The zero-order valence-corrected chi connectivity index (χ0v) is 14.2. The van der Waals surface area contributed by atoms with Crippen LogP contribution in [0.15, 0.2) is 36.4 Å². The minimum absolute atomic E-state index is 0.173. The smallest absolute Gasteiger partial charge is 0.345 e. The van der Waals surface area contributed by atoms with Gasteiger partial charge in [-0.05, 0) is 30.7 Å². The van der Waals surface area contributed by atoms with Gasteiger partial charge in [-0.15, -0.1) is 0 Å². The van der Waals surface area contributed by atoms with Crippen molar-refractivity contribution in [2.24, 2.45) is 0 Å². The van der Waals surface area contributed by atoms with Crippen molar-refractivity contribution in [1.82, 2.24) is 0 Å². The zero-order valence-electron chi connectivity index (χ0n) is 13.4. The summed E-state index contributed by atoms with van der Waals surface area (Å²) in [4.78, 5) is 34.7. The third kappa shape index (κ3) is 4.13. The molecule has 2 aromatic carbocycles. The van der Waals surface area contributed by atoms with Crippen molar-refractivity contribution < 1.29 is 24.0 Å². The molecule has 0 aliphatic rings. The van der Waals surface area contributed by atoms with Crippen LogP contribution in [0.2, 0.25) is 5.02 Å². The SMILES string of the molecule is COc1ccc(C(=O)COC(=O)c2c(C)cccc2[N+](=O)[O-])cc1Cl. The van der Waals surface area contributed by atoms with Crippen molar-refractivity contribution in [2.75, 3.05) is 13.7 Å².